The molecule has 0 aliphatic rings. The second kappa shape index (κ2) is 5.63. The summed E-state index contributed by atoms with van der Waals surface area (Å²) in [5.41, 5.74) is 1.02. The van der Waals surface area contributed by atoms with Crippen LogP contribution in [0.1, 0.15) is 22.0 Å². The first-order valence-corrected chi connectivity index (χ1v) is 6.37. The van der Waals surface area contributed by atoms with Gasteiger partial charge in [0.05, 0.1) is 11.6 Å². The van der Waals surface area contributed by atoms with Crippen molar-refractivity contribution in [2.75, 3.05) is 0 Å². The Morgan fingerprint density at radius 1 is 1.56 bits per heavy atom. The molecular formula is C12H8ClN3OS. The molecule has 0 aliphatic heterocycles. The Morgan fingerprint density at radius 2 is 2.39 bits per heavy atom. The minimum absolute atomic E-state index is 0.122. The fourth-order valence-electron chi connectivity index (χ4n) is 1.39. The monoisotopic (exact) mass is 277 g/mol. The highest BCUT2D eigenvalue weighted by atomic mass is 35.5. The molecule has 2 aromatic heterocycles. The van der Waals surface area contributed by atoms with Crippen molar-refractivity contribution < 1.29 is 4.79 Å². The molecule has 1 N–H and O–H groups in total. The zero-order valence-electron chi connectivity index (χ0n) is 9.13. The topological polar surface area (TPSA) is 65.8 Å². The van der Waals surface area contributed by atoms with E-state index in [-0.39, 0.29) is 10.7 Å². The first-order chi connectivity index (χ1) is 8.72. The average molecular weight is 278 g/mol. The maximum atomic E-state index is 11.9. The summed E-state index contributed by atoms with van der Waals surface area (Å²) >= 11 is 7.29. The van der Waals surface area contributed by atoms with E-state index in [0.29, 0.717) is 0 Å². The number of thiophene rings is 1. The third-order valence-corrected chi connectivity index (χ3v) is 3.29. The van der Waals surface area contributed by atoms with E-state index in [0.717, 1.165) is 5.56 Å². The van der Waals surface area contributed by atoms with Gasteiger partial charge in [0.2, 0.25) is 0 Å². The van der Waals surface area contributed by atoms with Crippen molar-refractivity contribution in [1.82, 2.24) is 10.3 Å². The van der Waals surface area contributed by atoms with Gasteiger partial charge in [0.15, 0.2) is 0 Å². The summed E-state index contributed by atoms with van der Waals surface area (Å²) in [6.45, 7) is 0. The van der Waals surface area contributed by atoms with Gasteiger partial charge < -0.3 is 5.32 Å². The van der Waals surface area contributed by atoms with Crippen LogP contribution in [-0.4, -0.2) is 10.9 Å². The van der Waals surface area contributed by atoms with Crippen LogP contribution in [0.5, 0.6) is 0 Å². The van der Waals surface area contributed by atoms with Crippen LogP contribution in [-0.2, 0) is 0 Å². The predicted octanol–water partition coefficient (Wildman–Crippen LogP) is 2.79. The third-order valence-electron chi connectivity index (χ3n) is 2.28. The molecule has 2 rings (SSSR count). The van der Waals surface area contributed by atoms with Crippen LogP contribution in [0.4, 0.5) is 0 Å². The van der Waals surface area contributed by atoms with Crippen LogP contribution in [0.15, 0.2) is 35.2 Å². The quantitative estimate of drug-likeness (QED) is 0.877. The molecule has 0 bridgehead atoms. The van der Waals surface area contributed by atoms with Gasteiger partial charge in [0.1, 0.15) is 11.2 Å². The van der Waals surface area contributed by atoms with Crippen LogP contribution in [0.3, 0.4) is 0 Å². The van der Waals surface area contributed by atoms with Crippen molar-refractivity contribution in [3.05, 3.63) is 51.4 Å². The number of amides is 1. The van der Waals surface area contributed by atoms with Gasteiger partial charge >= 0.3 is 0 Å². The van der Waals surface area contributed by atoms with Gasteiger partial charge in [-0.3, -0.25) is 4.79 Å². The van der Waals surface area contributed by atoms with Crippen molar-refractivity contribution in [3.8, 4) is 6.07 Å². The lowest BCUT2D eigenvalue weighted by Crippen LogP contribution is -2.27. The van der Waals surface area contributed by atoms with Gasteiger partial charge in [-0.05, 0) is 34.5 Å². The van der Waals surface area contributed by atoms with E-state index in [2.05, 4.69) is 10.3 Å². The molecule has 90 valence electrons. The van der Waals surface area contributed by atoms with E-state index in [4.69, 9.17) is 16.9 Å². The van der Waals surface area contributed by atoms with Crippen molar-refractivity contribution in [3.63, 3.8) is 0 Å². The molecule has 2 aromatic rings. The summed E-state index contributed by atoms with van der Waals surface area (Å²) in [5, 5.41) is 15.5. The van der Waals surface area contributed by atoms with Crippen molar-refractivity contribution >= 4 is 28.8 Å². The number of halogens is 1. The molecule has 6 heteroatoms. The second-order valence-corrected chi connectivity index (χ2v) is 4.57. The molecule has 18 heavy (non-hydrogen) atoms. The van der Waals surface area contributed by atoms with E-state index in [1.165, 1.54) is 17.5 Å². The minimum Gasteiger partial charge on any atom is -0.332 e. The van der Waals surface area contributed by atoms with E-state index in [1.54, 1.807) is 18.2 Å². The van der Waals surface area contributed by atoms with E-state index in [1.807, 2.05) is 16.8 Å². The number of pyridine rings is 1. The molecule has 0 saturated heterocycles. The SMILES string of the molecule is N#C[C@H](NC(=O)c1cccnc1Cl)c1ccsc1. The zero-order chi connectivity index (χ0) is 13.0. The molecule has 0 saturated carbocycles. The van der Waals surface area contributed by atoms with Crippen molar-refractivity contribution in [2.45, 2.75) is 6.04 Å². The fraction of sp³-hybridized carbons (Fsp3) is 0.0833. The number of carbonyl (C=O) groups is 1. The third kappa shape index (κ3) is 2.67. The number of rotatable bonds is 3. The van der Waals surface area contributed by atoms with Gasteiger partial charge in [-0.2, -0.15) is 16.6 Å². The molecule has 0 aromatic carbocycles. The van der Waals surface area contributed by atoms with Crippen LogP contribution < -0.4 is 5.32 Å². The Bertz CT molecular complexity index is 592. The highest BCUT2D eigenvalue weighted by Crippen LogP contribution is 2.17. The number of nitriles is 1. The van der Waals surface area contributed by atoms with Gasteiger partial charge in [0.25, 0.3) is 5.91 Å². The molecule has 0 radical (unpaired) electrons. The number of nitrogens with one attached hydrogen (secondary N) is 1. The Labute approximate surface area is 113 Å². The number of hydrogen-bond acceptors (Lipinski definition) is 4. The molecular weight excluding hydrogens is 270 g/mol. The maximum absolute atomic E-state index is 11.9. The fourth-order valence-corrected chi connectivity index (χ4v) is 2.28. The first-order valence-electron chi connectivity index (χ1n) is 5.05. The zero-order valence-corrected chi connectivity index (χ0v) is 10.7. The number of nitrogens with zero attached hydrogens (tertiary/aromatic N) is 2. The van der Waals surface area contributed by atoms with Crippen LogP contribution >= 0.6 is 22.9 Å². The summed E-state index contributed by atoms with van der Waals surface area (Å²) in [6, 6.07) is 6.33. The lowest BCUT2D eigenvalue weighted by molar-refractivity contribution is 0.0945. The van der Waals surface area contributed by atoms with E-state index < -0.39 is 11.9 Å². The molecule has 0 unspecified atom stereocenters. The van der Waals surface area contributed by atoms with Crippen LogP contribution in [0, 0.1) is 11.3 Å². The number of hydrogen-bond donors (Lipinski definition) is 1. The summed E-state index contributed by atoms with van der Waals surface area (Å²) in [5.74, 6) is -0.411. The maximum Gasteiger partial charge on any atom is 0.255 e. The van der Waals surface area contributed by atoms with E-state index >= 15 is 0 Å². The summed E-state index contributed by atoms with van der Waals surface area (Å²) < 4.78 is 0. The molecule has 0 aliphatic carbocycles. The average Bonchev–Trinajstić information content (AvgIpc) is 2.90. The number of carbonyl (C=O) groups excluding carboxylic acids is 1. The highest BCUT2D eigenvalue weighted by molar-refractivity contribution is 7.08. The van der Waals surface area contributed by atoms with Gasteiger partial charge in [-0.1, -0.05) is 11.6 Å². The molecule has 0 fully saturated rings. The van der Waals surface area contributed by atoms with Crippen molar-refractivity contribution in [1.29, 1.82) is 5.26 Å². The van der Waals surface area contributed by atoms with Gasteiger partial charge in [-0.15, -0.1) is 0 Å². The molecule has 0 spiro atoms. The summed E-state index contributed by atoms with van der Waals surface area (Å²) in [6.07, 6.45) is 1.50. The van der Waals surface area contributed by atoms with Gasteiger partial charge in [0, 0.05) is 6.20 Å². The number of aromatic nitrogens is 1. The molecule has 4 nitrogen and oxygen atoms in total. The van der Waals surface area contributed by atoms with Crippen LogP contribution in [0.25, 0.3) is 0 Å². The van der Waals surface area contributed by atoms with Crippen molar-refractivity contribution in [2.24, 2.45) is 0 Å². The molecule has 1 atom stereocenters. The second-order valence-electron chi connectivity index (χ2n) is 3.43. The normalized spacial score (nSPS) is 11.6. The lowest BCUT2D eigenvalue weighted by atomic mass is 10.1. The van der Waals surface area contributed by atoms with Gasteiger partial charge in [-0.25, -0.2) is 4.98 Å². The smallest absolute Gasteiger partial charge is 0.255 e. The predicted molar refractivity (Wildman–Crippen MR) is 69.4 cm³/mol. The molecule has 2 heterocycles. The summed E-state index contributed by atoms with van der Waals surface area (Å²) in [7, 11) is 0. The Kier molecular flexibility index (Phi) is 3.92. The standard InChI is InChI=1S/C12H8ClN3OS/c13-11-9(2-1-4-15-11)12(17)16-10(6-14)8-3-5-18-7-8/h1-5,7,10H,(H,16,17)/t10-/m0/s1. The van der Waals surface area contributed by atoms with Crippen LogP contribution in [0.2, 0.25) is 5.15 Å². The lowest BCUT2D eigenvalue weighted by Gasteiger charge is -2.10. The highest BCUT2D eigenvalue weighted by Gasteiger charge is 2.17. The molecule has 1 amide bonds. The van der Waals surface area contributed by atoms with E-state index in [9.17, 15) is 4.79 Å². The minimum atomic E-state index is -0.681. The Hall–Kier alpha value is -1.90. The Morgan fingerprint density at radius 3 is 3.00 bits per heavy atom. The summed E-state index contributed by atoms with van der Waals surface area (Å²) in [4.78, 5) is 15.8. The first kappa shape index (κ1) is 12.6. The Balaban J connectivity index is 2.17. The largest absolute Gasteiger partial charge is 0.332 e.